The Labute approximate surface area is 103 Å². The molecule has 0 aliphatic heterocycles. The lowest BCUT2D eigenvalue weighted by Gasteiger charge is -2.16. The predicted octanol–water partition coefficient (Wildman–Crippen LogP) is 3.58. The van der Waals surface area contributed by atoms with Crippen LogP contribution in [0.25, 0.3) is 11.3 Å². The molecule has 1 aromatic carbocycles. The Morgan fingerprint density at radius 1 is 1.38 bits per heavy atom. The van der Waals surface area contributed by atoms with Crippen molar-refractivity contribution >= 4 is 23.6 Å². The molecule has 1 aliphatic carbocycles. The molecule has 3 rings (SSSR count). The summed E-state index contributed by atoms with van der Waals surface area (Å²) in [5, 5.41) is 0. The van der Waals surface area contributed by atoms with Gasteiger partial charge in [-0.1, -0.05) is 6.07 Å². The maximum Gasteiger partial charge on any atom is 0.159 e. The van der Waals surface area contributed by atoms with Crippen molar-refractivity contribution in [3.8, 4) is 17.0 Å². The van der Waals surface area contributed by atoms with Gasteiger partial charge in [0.15, 0.2) is 3.95 Å². The van der Waals surface area contributed by atoms with E-state index in [0.29, 0.717) is 0 Å². The van der Waals surface area contributed by atoms with Crippen LogP contribution in [0.2, 0.25) is 0 Å². The summed E-state index contributed by atoms with van der Waals surface area (Å²) in [5.74, 6) is 0.900. The molecule has 1 aliphatic rings. The van der Waals surface area contributed by atoms with E-state index in [2.05, 4.69) is 17.1 Å². The SMILES string of the molecule is COc1ccc2c(c1)-c1[nH]c(=S)sc1CC2. The van der Waals surface area contributed by atoms with Crippen molar-refractivity contribution in [1.29, 1.82) is 0 Å². The molecule has 1 aromatic heterocycles. The summed E-state index contributed by atoms with van der Waals surface area (Å²) in [4.78, 5) is 4.65. The fraction of sp³-hybridized carbons (Fsp3) is 0.250. The summed E-state index contributed by atoms with van der Waals surface area (Å²) in [5.41, 5.74) is 3.81. The molecular weight excluding hydrogens is 238 g/mol. The van der Waals surface area contributed by atoms with E-state index in [4.69, 9.17) is 17.0 Å². The highest BCUT2D eigenvalue weighted by Gasteiger charge is 2.18. The number of rotatable bonds is 1. The first-order valence-electron chi connectivity index (χ1n) is 5.17. The number of H-pyrrole nitrogens is 1. The molecule has 0 saturated heterocycles. The molecule has 0 spiro atoms. The van der Waals surface area contributed by atoms with Crippen LogP contribution < -0.4 is 4.74 Å². The molecule has 0 amide bonds. The largest absolute Gasteiger partial charge is 0.497 e. The van der Waals surface area contributed by atoms with E-state index in [0.717, 1.165) is 22.5 Å². The van der Waals surface area contributed by atoms with Gasteiger partial charge in [0.25, 0.3) is 0 Å². The van der Waals surface area contributed by atoms with Gasteiger partial charge < -0.3 is 9.72 Å². The van der Waals surface area contributed by atoms with Crippen LogP contribution in [0.1, 0.15) is 10.4 Å². The number of benzene rings is 1. The standard InChI is InChI=1S/C12H11NOS2/c1-14-8-4-2-7-3-5-10-11(9(7)6-8)13-12(15)16-10/h2,4,6H,3,5H2,1H3,(H,13,15). The number of aromatic amines is 1. The first kappa shape index (κ1) is 10.1. The molecule has 16 heavy (non-hydrogen) atoms. The van der Waals surface area contributed by atoms with E-state index in [1.54, 1.807) is 18.4 Å². The van der Waals surface area contributed by atoms with Crippen molar-refractivity contribution in [2.24, 2.45) is 0 Å². The Morgan fingerprint density at radius 3 is 3.06 bits per heavy atom. The number of nitrogens with one attached hydrogen (secondary N) is 1. The number of hydrogen-bond acceptors (Lipinski definition) is 3. The van der Waals surface area contributed by atoms with Gasteiger partial charge in [0.05, 0.1) is 12.8 Å². The summed E-state index contributed by atoms with van der Waals surface area (Å²) < 4.78 is 6.13. The van der Waals surface area contributed by atoms with Crippen LogP contribution in [0.5, 0.6) is 5.75 Å². The van der Waals surface area contributed by atoms with Gasteiger partial charge in [0.1, 0.15) is 5.75 Å². The van der Waals surface area contributed by atoms with E-state index in [9.17, 15) is 0 Å². The number of aromatic nitrogens is 1. The fourth-order valence-corrected chi connectivity index (χ4v) is 3.38. The zero-order chi connectivity index (χ0) is 11.1. The summed E-state index contributed by atoms with van der Waals surface area (Å²) in [7, 11) is 1.70. The van der Waals surface area contributed by atoms with Crippen LogP contribution in [0, 0.1) is 3.95 Å². The monoisotopic (exact) mass is 249 g/mol. The highest BCUT2D eigenvalue weighted by atomic mass is 32.1. The van der Waals surface area contributed by atoms with Crippen molar-refractivity contribution in [3.63, 3.8) is 0 Å². The second-order valence-electron chi connectivity index (χ2n) is 3.84. The molecule has 0 saturated carbocycles. The Kier molecular flexibility index (Phi) is 2.33. The van der Waals surface area contributed by atoms with E-state index in [1.807, 2.05) is 6.07 Å². The van der Waals surface area contributed by atoms with Crippen LogP contribution in [-0.4, -0.2) is 12.1 Å². The molecule has 1 N–H and O–H groups in total. The molecule has 0 fully saturated rings. The molecule has 4 heteroatoms. The maximum atomic E-state index is 5.27. The molecular formula is C12H11NOS2. The van der Waals surface area contributed by atoms with Gasteiger partial charge in [-0.25, -0.2) is 0 Å². The molecule has 0 bridgehead atoms. The zero-order valence-electron chi connectivity index (χ0n) is 8.87. The van der Waals surface area contributed by atoms with Crippen molar-refractivity contribution in [2.45, 2.75) is 12.8 Å². The van der Waals surface area contributed by atoms with Crippen LogP contribution in [0.15, 0.2) is 18.2 Å². The normalized spacial score (nSPS) is 13.1. The van der Waals surface area contributed by atoms with Crippen molar-refractivity contribution in [1.82, 2.24) is 4.98 Å². The summed E-state index contributed by atoms with van der Waals surface area (Å²) in [6, 6.07) is 6.25. The quantitative estimate of drug-likeness (QED) is 0.781. The topological polar surface area (TPSA) is 25.0 Å². The maximum absolute atomic E-state index is 5.27. The van der Waals surface area contributed by atoms with Gasteiger partial charge in [-0.05, 0) is 42.8 Å². The molecule has 82 valence electrons. The zero-order valence-corrected chi connectivity index (χ0v) is 10.5. The third kappa shape index (κ3) is 1.49. The highest BCUT2D eigenvalue weighted by Crippen LogP contribution is 2.36. The third-order valence-corrected chi connectivity index (χ3v) is 4.22. The lowest BCUT2D eigenvalue weighted by molar-refractivity contribution is 0.415. The van der Waals surface area contributed by atoms with E-state index in [1.165, 1.54) is 21.7 Å². The summed E-state index contributed by atoms with van der Waals surface area (Å²) >= 11 is 6.89. The Hall–Kier alpha value is -1.13. The first-order valence-corrected chi connectivity index (χ1v) is 6.39. The van der Waals surface area contributed by atoms with E-state index in [-0.39, 0.29) is 0 Å². The molecule has 0 radical (unpaired) electrons. The highest BCUT2D eigenvalue weighted by molar-refractivity contribution is 7.73. The minimum Gasteiger partial charge on any atom is -0.497 e. The number of fused-ring (bicyclic) bond motifs is 3. The average molecular weight is 249 g/mol. The minimum atomic E-state index is 0.862. The Balaban J connectivity index is 2.25. The molecule has 2 nitrogen and oxygen atoms in total. The second-order valence-corrected chi connectivity index (χ2v) is 5.61. The molecule has 2 aromatic rings. The smallest absolute Gasteiger partial charge is 0.159 e. The molecule has 0 atom stereocenters. The van der Waals surface area contributed by atoms with Crippen molar-refractivity contribution in [3.05, 3.63) is 32.6 Å². The number of ether oxygens (including phenoxy) is 1. The van der Waals surface area contributed by atoms with Crippen LogP contribution in [-0.2, 0) is 12.8 Å². The van der Waals surface area contributed by atoms with Gasteiger partial charge in [-0.15, -0.1) is 11.3 Å². The lowest BCUT2D eigenvalue weighted by atomic mass is 9.93. The van der Waals surface area contributed by atoms with Crippen molar-refractivity contribution < 1.29 is 4.74 Å². The van der Waals surface area contributed by atoms with E-state index >= 15 is 0 Å². The number of methoxy groups -OCH3 is 1. The van der Waals surface area contributed by atoms with Crippen molar-refractivity contribution in [2.75, 3.05) is 7.11 Å². The first-order chi connectivity index (χ1) is 7.78. The van der Waals surface area contributed by atoms with Crippen LogP contribution in [0.4, 0.5) is 0 Å². The average Bonchev–Trinajstić information content (AvgIpc) is 2.69. The lowest BCUT2D eigenvalue weighted by Crippen LogP contribution is -2.02. The third-order valence-electron chi connectivity index (χ3n) is 2.93. The van der Waals surface area contributed by atoms with Crippen LogP contribution in [0.3, 0.4) is 0 Å². The second kappa shape index (κ2) is 3.71. The van der Waals surface area contributed by atoms with Gasteiger partial charge >= 0.3 is 0 Å². The Bertz CT molecular complexity index is 597. The number of aryl methyl sites for hydroxylation is 2. The summed E-state index contributed by atoms with van der Waals surface area (Å²) in [6.45, 7) is 0. The molecule has 1 heterocycles. The van der Waals surface area contributed by atoms with Crippen LogP contribution >= 0.6 is 23.6 Å². The minimum absolute atomic E-state index is 0.862. The molecule has 0 unspecified atom stereocenters. The van der Waals surface area contributed by atoms with Gasteiger partial charge in [0.2, 0.25) is 0 Å². The fourth-order valence-electron chi connectivity index (χ4n) is 2.14. The number of hydrogen-bond donors (Lipinski definition) is 1. The van der Waals surface area contributed by atoms with Gasteiger partial charge in [-0.2, -0.15) is 0 Å². The van der Waals surface area contributed by atoms with Gasteiger partial charge in [0, 0.05) is 10.4 Å². The van der Waals surface area contributed by atoms with E-state index < -0.39 is 0 Å². The summed E-state index contributed by atoms with van der Waals surface area (Å²) in [6.07, 6.45) is 2.18. The number of thiazole rings is 1. The van der Waals surface area contributed by atoms with Gasteiger partial charge in [-0.3, -0.25) is 0 Å². The predicted molar refractivity (Wildman–Crippen MR) is 68.9 cm³/mol. The Morgan fingerprint density at radius 2 is 2.25 bits per heavy atom.